The van der Waals surface area contributed by atoms with Gasteiger partial charge >= 0.3 is 5.97 Å². The Morgan fingerprint density at radius 2 is 1.75 bits per heavy atom. The molecule has 1 heterocycles. The largest absolute Gasteiger partial charge is 0.481 e. The summed E-state index contributed by atoms with van der Waals surface area (Å²) < 4.78 is 40.1. The first-order valence-corrected chi connectivity index (χ1v) is 11.8. The molecule has 3 rings (SSSR count). The van der Waals surface area contributed by atoms with Crippen LogP contribution in [0.4, 0.5) is 4.39 Å². The van der Waals surface area contributed by atoms with Gasteiger partial charge in [-0.2, -0.15) is 0 Å². The lowest BCUT2D eigenvalue weighted by molar-refractivity contribution is -0.137. The summed E-state index contributed by atoms with van der Waals surface area (Å²) in [5.74, 6) is -1.26. The molecular weight excluding hydrogens is 431 g/mol. The number of carboxylic acid groups (broad SMARTS) is 1. The smallest absolute Gasteiger partial charge is 0.303 e. The van der Waals surface area contributed by atoms with Crippen LogP contribution in [0.2, 0.25) is 0 Å². The lowest BCUT2D eigenvalue weighted by atomic mass is 9.87. The van der Waals surface area contributed by atoms with Crippen LogP contribution in [0.3, 0.4) is 0 Å². The number of sulfonamides is 1. The van der Waals surface area contributed by atoms with Crippen molar-refractivity contribution in [2.24, 2.45) is 0 Å². The van der Waals surface area contributed by atoms with Gasteiger partial charge in [0.25, 0.3) is 0 Å². The van der Waals surface area contributed by atoms with E-state index in [1.165, 1.54) is 12.1 Å². The van der Waals surface area contributed by atoms with Crippen LogP contribution >= 0.6 is 0 Å². The third-order valence-electron chi connectivity index (χ3n) is 5.18. The van der Waals surface area contributed by atoms with Crippen LogP contribution in [0, 0.1) is 5.82 Å². The van der Waals surface area contributed by atoms with Crippen LogP contribution < -0.4 is 4.72 Å². The van der Waals surface area contributed by atoms with E-state index < -0.39 is 21.8 Å². The molecule has 0 spiro atoms. The van der Waals surface area contributed by atoms with Crippen molar-refractivity contribution < 1.29 is 22.7 Å². The number of aromatic nitrogens is 1. The molecular formula is C24H25FN2O4S. The fraction of sp³-hybridized carbons (Fsp3) is 0.250. The number of hydrogen-bond acceptors (Lipinski definition) is 4. The highest BCUT2D eigenvalue weighted by molar-refractivity contribution is 7.89. The van der Waals surface area contributed by atoms with Crippen LogP contribution in [0.25, 0.3) is 0 Å². The van der Waals surface area contributed by atoms with Crippen molar-refractivity contribution in [2.45, 2.75) is 36.5 Å². The van der Waals surface area contributed by atoms with Gasteiger partial charge in [-0.3, -0.25) is 9.78 Å². The molecule has 32 heavy (non-hydrogen) atoms. The van der Waals surface area contributed by atoms with E-state index in [0.29, 0.717) is 19.3 Å². The molecule has 0 aliphatic carbocycles. The number of nitrogens with zero attached hydrogens (tertiary/aromatic N) is 1. The Bertz CT molecular complexity index is 1120. The second-order valence-corrected chi connectivity index (χ2v) is 9.24. The summed E-state index contributed by atoms with van der Waals surface area (Å²) in [5, 5.41) is 8.95. The van der Waals surface area contributed by atoms with Crippen LogP contribution in [0.15, 0.2) is 78.0 Å². The third-order valence-corrected chi connectivity index (χ3v) is 6.66. The van der Waals surface area contributed by atoms with Crippen molar-refractivity contribution in [3.05, 3.63) is 95.6 Å². The molecule has 1 aromatic heterocycles. The highest BCUT2D eigenvalue weighted by atomic mass is 32.2. The van der Waals surface area contributed by atoms with Crippen molar-refractivity contribution in [3.63, 3.8) is 0 Å². The summed E-state index contributed by atoms with van der Waals surface area (Å²) in [6.45, 7) is 0.212. The van der Waals surface area contributed by atoms with Gasteiger partial charge in [-0.05, 0) is 66.3 Å². The van der Waals surface area contributed by atoms with Crippen molar-refractivity contribution in [1.29, 1.82) is 0 Å². The summed E-state index contributed by atoms with van der Waals surface area (Å²) >= 11 is 0. The predicted octanol–water partition coefficient (Wildman–Crippen LogP) is 4.13. The normalized spacial score (nSPS) is 12.4. The Morgan fingerprint density at radius 1 is 1.03 bits per heavy atom. The maximum atomic E-state index is 13.0. The fourth-order valence-electron chi connectivity index (χ4n) is 3.51. The van der Waals surface area contributed by atoms with Gasteiger partial charge in [0, 0.05) is 31.3 Å². The van der Waals surface area contributed by atoms with Crippen LogP contribution in [0.1, 0.15) is 41.9 Å². The molecule has 0 bridgehead atoms. The molecule has 6 nitrogen and oxygen atoms in total. The molecule has 168 valence electrons. The lowest BCUT2D eigenvalue weighted by Crippen LogP contribution is -2.26. The van der Waals surface area contributed by atoms with Crippen molar-refractivity contribution >= 4 is 16.0 Å². The average Bonchev–Trinajstić information content (AvgIpc) is 2.78. The number of carboxylic acids is 1. The number of nitrogens with one attached hydrogen (secondary N) is 1. The molecule has 3 aromatic rings. The Hall–Kier alpha value is -3.10. The summed E-state index contributed by atoms with van der Waals surface area (Å²) in [6.07, 6.45) is 5.36. The maximum Gasteiger partial charge on any atom is 0.303 e. The minimum atomic E-state index is -3.69. The maximum absolute atomic E-state index is 13.0. The second kappa shape index (κ2) is 11.0. The monoisotopic (exact) mass is 456 g/mol. The SMILES string of the molecule is O=C(O)CCCC(c1ccc(CCNS(=O)(=O)c2ccc(F)cc2)cc1)c1cccnc1. The summed E-state index contributed by atoms with van der Waals surface area (Å²) in [4.78, 5) is 15.1. The van der Waals surface area contributed by atoms with Gasteiger partial charge in [-0.1, -0.05) is 30.3 Å². The van der Waals surface area contributed by atoms with Crippen molar-refractivity contribution in [2.75, 3.05) is 6.54 Å². The quantitative estimate of drug-likeness (QED) is 0.452. The number of pyridine rings is 1. The topological polar surface area (TPSA) is 96.4 Å². The Morgan fingerprint density at radius 3 is 2.38 bits per heavy atom. The van der Waals surface area contributed by atoms with Gasteiger partial charge < -0.3 is 5.11 Å². The summed E-state index contributed by atoms with van der Waals surface area (Å²) in [7, 11) is -3.69. The Labute approximate surface area is 187 Å². The molecule has 0 fully saturated rings. The molecule has 0 aliphatic heterocycles. The van der Waals surface area contributed by atoms with Gasteiger partial charge in [-0.15, -0.1) is 0 Å². The second-order valence-electron chi connectivity index (χ2n) is 7.47. The van der Waals surface area contributed by atoms with Gasteiger partial charge in [-0.25, -0.2) is 17.5 Å². The zero-order chi connectivity index (χ0) is 23.0. The van der Waals surface area contributed by atoms with E-state index in [0.717, 1.165) is 28.8 Å². The van der Waals surface area contributed by atoms with Gasteiger partial charge in [0.1, 0.15) is 5.82 Å². The molecule has 8 heteroatoms. The standard InChI is InChI=1S/C24H25FN2O4S/c25-21-10-12-22(13-11-21)32(30,31)27-16-14-18-6-8-19(9-7-18)23(4-1-5-24(28)29)20-3-2-15-26-17-20/h2-3,6-13,15,17,23,27H,1,4-5,14,16H2,(H,28,29). The zero-order valence-electron chi connectivity index (χ0n) is 17.4. The number of halogens is 1. The Kier molecular flexibility index (Phi) is 8.08. The van der Waals surface area contributed by atoms with Crippen LogP contribution in [-0.2, 0) is 21.2 Å². The first-order chi connectivity index (χ1) is 15.3. The van der Waals surface area contributed by atoms with E-state index in [-0.39, 0.29) is 23.8 Å². The third kappa shape index (κ3) is 6.70. The van der Waals surface area contributed by atoms with E-state index in [1.807, 2.05) is 36.4 Å². The molecule has 1 atom stereocenters. The van der Waals surface area contributed by atoms with Crippen molar-refractivity contribution in [1.82, 2.24) is 9.71 Å². The lowest BCUT2D eigenvalue weighted by Gasteiger charge is -2.18. The van der Waals surface area contributed by atoms with E-state index in [9.17, 15) is 17.6 Å². The van der Waals surface area contributed by atoms with E-state index in [4.69, 9.17) is 5.11 Å². The molecule has 2 aromatic carbocycles. The number of hydrogen-bond donors (Lipinski definition) is 2. The first kappa shape index (κ1) is 23.6. The molecule has 0 radical (unpaired) electrons. The highest BCUT2D eigenvalue weighted by Gasteiger charge is 2.16. The minimum Gasteiger partial charge on any atom is -0.481 e. The highest BCUT2D eigenvalue weighted by Crippen LogP contribution is 2.29. The van der Waals surface area contributed by atoms with E-state index in [1.54, 1.807) is 12.4 Å². The number of aliphatic carboxylic acids is 1. The number of benzene rings is 2. The average molecular weight is 457 g/mol. The molecule has 0 amide bonds. The first-order valence-electron chi connectivity index (χ1n) is 10.3. The van der Waals surface area contributed by atoms with E-state index in [2.05, 4.69) is 9.71 Å². The van der Waals surface area contributed by atoms with Gasteiger partial charge in [0.05, 0.1) is 4.90 Å². The molecule has 0 aliphatic rings. The molecule has 2 N–H and O–H groups in total. The summed E-state index contributed by atoms with van der Waals surface area (Å²) in [6, 6.07) is 16.4. The van der Waals surface area contributed by atoms with Gasteiger partial charge in [0.2, 0.25) is 10.0 Å². The molecule has 0 saturated heterocycles. The van der Waals surface area contributed by atoms with Crippen LogP contribution in [-0.4, -0.2) is 31.0 Å². The van der Waals surface area contributed by atoms with Crippen LogP contribution in [0.5, 0.6) is 0 Å². The molecule has 0 saturated carbocycles. The molecule has 1 unspecified atom stereocenters. The van der Waals surface area contributed by atoms with E-state index >= 15 is 0 Å². The summed E-state index contributed by atoms with van der Waals surface area (Å²) in [5.41, 5.74) is 3.04. The number of carbonyl (C=O) groups is 1. The minimum absolute atomic E-state index is 0.0231. The fourth-order valence-corrected chi connectivity index (χ4v) is 4.54. The van der Waals surface area contributed by atoms with Gasteiger partial charge in [0.15, 0.2) is 0 Å². The number of rotatable bonds is 11. The zero-order valence-corrected chi connectivity index (χ0v) is 18.3. The predicted molar refractivity (Wildman–Crippen MR) is 119 cm³/mol. The Balaban J connectivity index is 1.63. The van der Waals surface area contributed by atoms with Crippen molar-refractivity contribution in [3.8, 4) is 0 Å².